The molecule has 0 spiro atoms. The van der Waals surface area contributed by atoms with Crippen LogP contribution >= 0.6 is 0 Å². The Morgan fingerprint density at radius 3 is 2.29 bits per heavy atom. The van der Waals surface area contributed by atoms with Crippen molar-refractivity contribution in [2.45, 2.75) is 6.18 Å². The maximum absolute atomic E-state index is 12.9. The molecule has 0 amide bonds. The van der Waals surface area contributed by atoms with Crippen molar-refractivity contribution in [1.29, 1.82) is 0 Å². The molecule has 0 N–H and O–H groups in total. The lowest BCUT2D eigenvalue weighted by Gasteiger charge is -2.02. The Bertz CT molecular complexity index is 1380. The van der Waals surface area contributed by atoms with Gasteiger partial charge in [-0.15, -0.1) is 0 Å². The van der Waals surface area contributed by atoms with Gasteiger partial charge in [-0.25, -0.2) is 4.98 Å². The molecular weight excluding hydrogens is 405 g/mol. The highest BCUT2D eigenvalue weighted by molar-refractivity contribution is 5.94. The molecule has 0 atom stereocenters. The lowest BCUT2D eigenvalue weighted by molar-refractivity contribution is -0.140. The molecule has 2 heterocycles. The third kappa shape index (κ3) is 3.46. The minimum Gasteiger partial charge on any atom is -0.334 e. The quantitative estimate of drug-likeness (QED) is 0.361. The number of halogens is 3. The molecule has 0 saturated heterocycles. The van der Waals surface area contributed by atoms with Crippen LogP contribution in [-0.4, -0.2) is 19.7 Å². The average molecular weight is 420 g/mol. The van der Waals surface area contributed by atoms with Gasteiger partial charge in [-0.2, -0.15) is 18.2 Å². The summed E-state index contributed by atoms with van der Waals surface area (Å²) >= 11 is 0. The zero-order chi connectivity index (χ0) is 21.6. The number of aryl methyl sites for hydroxylation is 1. The largest absolute Gasteiger partial charge is 0.434 e. The van der Waals surface area contributed by atoms with Crippen LogP contribution in [0.4, 0.5) is 13.2 Å². The van der Waals surface area contributed by atoms with Crippen molar-refractivity contribution in [2.75, 3.05) is 0 Å². The maximum Gasteiger partial charge on any atom is 0.434 e. The molecular formula is C23H15F3N4O. The monoisotopic (exact) mass is 420 g/mol. The second-order valence-electron chi connectivity index (χ2n) is 7.09. The first kappa shape index (κ1) is 19.0. The van der Waals surface area contributed by atoms with E-state index in [2.05, 4.69) is 15.1 Å². The zero-order valence-electron chi connectivity index (χ0n) is 16.3. The first-order valence-corrected chi connectivity index (χ1v) is 9.43. The van der Waals surface area contributed by atoms with Crippen molar-refractivity contribution in [2.24, 2.45) is 7.05 Å². The van der Waals surface area contributed by atoms with Gasteiger partial charge in [0.2, 0.25) is 5.82 Å². The highest BCUT2D eigenvalue weighted by atomic mass is 19.4. The Hall–Kier alpha value is -3.94. The number of imidazole rings is 1. The van der Waals surface area contributed by atoms with E-state index in [4.69, 9.17) is 4.52 Å². The van der Waals surface area contributed by atoms with Gasteiger partial charge in [-0.05, 0) is 16.8 Å². The van der Waals surface area contributed by atoms with Crippen molar-refractivity contribution in [1.82, 2.24) is 19.7 Å². The van der Waals surface area contributed by atoms with Crippen LogP contribution in [0.25, 0.3) is 45.0 Å². The predicted molar refractivity (Wildman–Crippen MR) is 110 cm³/mol. The van der Waals surface area contributed by atoms with Crippen molar-refractivity contribution in [3.05, 3.63) is 78.6 Å². The van der Waals surface area contributed by atoms with Gasteiger partial charge in [-0.1, -0.05) is 65.8 Å². The fourth-order valence-corrected chi connectivity index (χ4v) is 3.50. The molecule has 0 aliphatic carbocycles. The van der Waals surface area contributed by atoms with E-state index in [-0.39, 0.29) is 5.82 Å². The van der Waals surface area contributed by atoms with Crippen LogP contribution in [0.1, 0.15) is 5.69 Å². The number of benzene rings is 3. The van der Waals surface area contributed by atoms with E-state index in [1.165, 1.54) is 11.6 Å². The number of fused-ring (bicyclic) bond motifs is 1. The first-order chi connectivity index (χ1) is 14.9. The van der Waals surface area contributed by atoms with E-state index in [1.807, 2.05) is 42.5 Å². The second-order valence-corrected chi connectivity index (χ2v) is 7.09. The summed E-state index contributed by atoms with van der Waals surface area (Å²) in [6, 6.07) is 20.6. The number of hydrogen-bond acceptors (Lipinski definition) is 4. The molecule has 3 aromatic carbocycles. The summed E-state index contributed by atoms with van der Waals surface area (Å²) in [5.41, 5.74) is 1.15. The molecule has 0 aliphatic heterocycles. The smallest absolute Gasteiger partial charge is 0.334 e. The molecule has 0 aliphatic rings. The van der Waals surface area contributed by atoms with Gasteiger partial charge in [0, 0.05) is 29.9 Å². The third-order valence-corrected chi connectivity index (χ3v) is 5.01. The second kappa shape index (κ2) is 7.09. The molecule has 0 radical (unpaired) electrons. The van der Waals surface area contributed by atoms with Crippen LogP contribution < -0.4 is 0 Å². The highest BCUT2D eigenvalue weighted by Crippen LogP contribution is 2.32. The molecule has 0 bridgehead atoms. The van der Waals surface area contributed by atoms with E-state index in [1.54, 1.807) is 24.3 Å². The molecule has 5 rings (SSSR count). The Kier molecular flexibility index (Phi) is 4.35. The third-order valence-electron chi connectivity index (χ3n) is 5.01. The van der Waals surface area contributed by atoms with Crippen molar-refractivity contribution >= 4 is 10.8 Å². The number of hydrogen-bond donors (Lipinski definition) is 0. The molecule has 5 nitrogen and oxygen atoms in total. The maximum atomic E-state index is 12.9. The standard InChI is InChI=1S/C23H15F3N4O/c1-30-13-19(23(24,25)26)27-21(30)16-11-9-15(10-12-16)20-28-22(31-29-20)18-8-4-6-14-5-2-3-7-17(14)18/h2-13H,1H3. The summed E-state index contributed by atoms with van der Waals surface area (Å²) < 4.78 is 45.6. The number of aromatic nitrogens is 4. The van der Waals surface area contributed by atoms with Crippen LogP contribution in [0.5, 0.6) is 0 Å². The number of alkyl halides is 3. The van der Waals surface area contributed by atoms with Gasteiger partial charge in [0.05, 0.1) is 0 Å². The van der Waals surface area contributed by atoms with Crippen molar-refractivity contribution in [3.8, 4) is 34.2 Å². The average Bonchev–Trinajstić information content (AvgIpc) is 3.40. The van der Waals surface area contributed by atoms with Crippen LogP contribution in [-0.2, 0) is 13.2 Å². The summed E-state index contributed by atoms with van der Waals surface area (Å²) in [4.78, 5) is 8.22. The number of nitrogens with zero attached hydrogens (tertiary/aromatic N) is 4. The minimum absolute atomic E-state index is 0.225. The normalized spacial score (nSPS) is 11.9. The summed E-state index contributed by atoms with van der Waals surface area (Å²) in [5, 5.41) is 6.14. The highest BCUT2D eigenvalue weighted by Gasteiger charge is 2.34. The lowest BCUT2D eigenvalue weighted by atomic mass is 10.0. The van der Waals surface area contributed by atoms with Gasteiger partial charge in [0.15, 0.2) is 5.69 Å². The van der Waals surface area contributed by atoms with Gasteiger partial charge >= 0.3 is 6.18 Å². The Labute approximate surface area is 174 Å². The fraction of sp³-hybridized carbons (Fsp3) is 0.0870. The molecule has 2 aromatic heterocycles. The van der Waals surface area contributed by atoms with Crippen LogP contribution in [0, 0.1) is 0 Å². The molecule has 0 fully saturated rings. The lowest BCUT2D eigenvalue weighted by Crippen LogP contribution is -2.04. The van der Waals surface area contributed by atoms with E-state index >= 15 is 0 Å². The van der Waals surface area contributed by atoms with Gasteiger partial charge < -0.3 is 9.09 Å². The van der Waals surface area contributed by atoms with Crippen molar-refractivity contribution in [3.63, 3.8) is 0 Å². The SMILES string of the molecule is Cn1cc(C(F)(F)F)nc1-c1ccc(-c2noc(-c3cccc4ccccc34)n2)cc1. The van der Waals surface area contributed by atoms with Gasteiger partial charge in [-0.3, -0.25) is 0 Å². The molecule has 154 valence electrons. The Balaban J connectivity index is 1.47. The van der Waals surface area contributed by atoms with Gasteiger partial charge in [0.1, 0.15) is 5.82 Å². The van der Waals surface area contributed by atoms with Crippen LogP contribution in [0.2, 0.25) is 0 Å². The molecule has 5 aromatic rings. The van der Waals surface area contributed by atoms with Crippen LogP contribution in [0.3, 0.4) is 0 Å². The van der Waals surface area contributed by atoms with Gasteiger partial charge in [0.25, 0.3) is 5.89 Å². The first-order valence-electron chi connectivity index (χ1n) is 9.43. The number of rotatable bonds is 3. The van der Waals surface area contributed by atoms with E-state index in [9.17, 15) is 13.2 Å². The molecule has 8 heteroatoms. The molecule has 31 heavy (non-hydrogen) atoms. The summed E-state index contributed by atoms with van der Waals surface area (Å²) in [6.45, 7) is 0. The summed E-state index contributed by atoms with van der Waals surface area (Å²) in [5.74, 6) is 1.02. The summed E-state index contributed by atoms with van der Waals surface area (Å²) in [7, 11) is 1.53. The van der Waals surface area contributed by atoms with E-state index in [0.717, 1.165) is 22.5 Å². The Morgan fingerprint density at radius 1 is 0.839 bits per heavy atom. The minimum atomic E-state index is -4.49. The van der Waals surface area contributed by atoms with Crippen molar-refractivity contribution < 1.29 is 17.7 Å². The van der Waals surface area contributed by atoms with Crippen LogP contribution in [0.15, 0.2) is 77.4 Å². The Morgan fingerprint density at radius 2 is 1.55 bits per heavy atom. The molecule has 0 saturated carbocycles. The summed E-state index contributed by atoms with van der Waals surface area (Å²) in [6.07, 6.45) is -3.52. The van der Waals surface area contributed by atoms with E-state index < -0.39 is 11.9 Å². The predicted octanol–water partition coefficient (Wildman–Crippen LogP) is 5.98. The fourth-order valence-electron chi connectivity index (χ4n) is 3.50. The topological polar surface area (TPSA) is 56.7 Å². The van der Waals surface area contributed by atoms with E-state index in [0.29, 0.717) is 22.8 Å². The zero-order valence-corrected chi connectivity index (χ0v) is 16.3. The molecule has 0 unspecified atom stereocenters.